The highest BCUT2D eigenvalue weighted by Crippen LogP contribution is 2.33. The molecule has 0 aliphatic carbocycles. The summed E-state index contributed by atoms with van der Waals surface area (Å²) >= 11 is 0. The lowest BCUT2D eigenvalue weighted by Gasteiger charge is -2.28. The predicted molar refractivity (Wildman–Crippen MR) is 97.9 cm³/mol. The van der Waals surface area contributed by atoms with Crippen molar-refractivity contribution in [1.82, 2.24) is 19.9 Å². The van der Waals surface area contributed by atoms with Crippen LogP contribution in [0.5, 0.6) is 11.6 Å². The Kier molecular flexibility index (Phi) is 5.72. The molecular weight excluding hydrogens is 458 g/mol. The van der Waals surface area contributed by atoms with Gasteiger partial charge in [0.15, 0.2) is 0 Å². The number of amides is 1. The molecule has 1 aliphatic rings. The van der Waals surface area contributed by atoms with Crippen LogP contribution in [-0.2, 0) is 36.5 Å². The fraction of sp³-hybridized carbons (Fsp3) is 0.300. The number of aromatic nitrogens is 3. The molecule has 13 heteroatoms. The number of benzene rings is 1. The van der Waals surface area contributed by atoms with Gasteiger partial charge in [0.25, 0.3) is 0 Å². The monoisotopic (exact) mass is 472 g/mol. The number of fused-ring (bicyclic) bond motifs is 1. The first-order chi connectivity index (χ1) is 15.5. The zero-order chi connectivity index (χ0) is 23.8. The van der Waals surface area contributed by atoms with E-state index in [4.69, 9.17) is 4.74 Å². The van der Waals surface area contributed by atoms with E-state index in [0.717, 1.165) is 18.4 Å². The maximum Gasteiger partial charge on any atom is 0.468 e. The second kappa shape index (κ2) is 8.37. The van der Waals surface area contributed by atoms with Gasteiger partial charge in [0, 0.05) is 12.1 Å². The molecule has 7 nitrogen and oxygen atoms in total. The van der Waals surface area contributed by atoms with Gasteiger partial charge in [0.05, 0.1) is 29.9 Å². The molecule has 33 heavy (non-hydrogen) atoms. The summed E-state index contributed by atoms with van der Waals surface area (Å²) in [6.45, 7) is 0.274. The lowest BCUT2D eigenvalue weighted by Crippen LogP contribution is -2.37. The van der Waals surface area contributed by atoms with E-state index in [-0.39, 0.29) is 43.3 Å². The van der Waals surface area contributed by atoms with Crippen molar-refractivity contribution in [1.29, 1.82) is 0 Å². The maximum atomic E-state index is 12.7. The van der Waals surface area contributed by atoms with E-state index in [0.29, 0.717) is 11.3 Å². The van der Waals surface area contributed by atoms with Crippen molar-refractivity contribution in [2.75, 3.05) is 6.54 Å². The number of rotatable bonds is 4. The Morgan fingerprint density at radius 2 is 1.79 bits per heavy atom. The van der Waals surface area contributed by atoms with Crippen LogP contribution in [-0.4, -0.2) is 32.3 Å². The summed E-state index contributed by atoms with van der Waals surface area (Å²) in [5, 5.41) is 0. The van der Waals surface area contributed by atoms with Crippen LogP contribution in [0.3, 0.4) is 0 Å². The molecule has 0 bridgehead atoms. The van der Waals surface area contributed by atoms with E-state index in [1.807, 2.05) is 0 Å². The Morgan fingerprint density at radius 1 is 1.06 bits per heavy atom. The van der Waals surface area contributed by atoms with Crippen molar-refractivity contribution in [2.45, 2.75) is 31.7 Å². The van der Waals surface area contributed by atoms with Crippen LogP contribution in [0.25, 0.3) is 0 Å². The highest BCUT2D eigenvalue weighted by atomic mass is 19.4. The van der Waals surface area contributed by atoms with Crippen molar-refractivity contribution in [3.63, 3.8) is 0 Å². The van der Waals surface area contributed by atoms with E-state index in [1.165, 1.54) is 23.4 Å². The van der Waals surface area contributed by atoms with Crippen molar-refractivity contribution >= 4 is 5.91 Å². The van der Waals surface area contributed by atoms with Gasteiger partial charge in [-0.25, -0.2) is 15.0 Å². The first-order valence-corrected chi connectivity index (χ1v) is 9.48. The van der Waals surface area contributed by atoms with Crippen LogP contribution in [0, 0.1) is 0 Å². The number of hydrogen-bond donors (Lipinski definition) is 0. The average Bonchev–Trinajstić information content (AvgIpc) is 3.22. The minimum atomic E-state index is -4.74. The Labute approximate surface area is 182 Å². The quantitative estimate of drug-likeness (QED) is 0.523. The second-order valence-corrected chi connectivity index (χ2v) is 7.11. The highest BCUT2D eigenvalue weighted by Gasteiger charge is 2.37. The topological polar surface area (TPSA) is 81.4 Å². The molecule has 0 atom stereocenters. The van der Waals surface area contributed by atoms with Gasteiger partial charge in [-0.2, -0.15) is 26.3 Å². The van der Waals surface area contributed by atoms with E-state index in [2.05, 4.69) is 19.4 Å². The number of nitrogens with zero attached hydrogens (tertiary/aromatic N) is 4. The summed E-state index contributed by atoms with van der Waals surface area (Å²) in [6, 6.07) is 4.11. The number of oxazole rings is 1. The predicted octanol–water partition coefficient (Wildman–Crippen LogP) is 4.42. The van der Waals surface area contributed by atoms with Gasteiger partial charge in [-0.15, -0.1) is 0 Å². The zero-order valence-corrected chi connectivity index (χ0v) is 16.6. The molecule has 0 fully saturated rings. The fourth-order valence-corrected chi connectivity index (χ4v) is 3.23. The number of ether oxygens (including phenoxy) is 1. The van der Waals surface area contributed by atoms with Crippen molar-refractivity contribution in [3.05, 3.63) is 65.3 Å². The van der Waals surface area contributed by atoms with Crippen molar-refractivity contribution < 1.29 is 40.3 Å². The molecule has 1 amide bonds. The summed E-state index contributed by atoms with van der Waals surface area (Å²) in [4.78, 5) is 25.4. The highest BCUT2D eigenvalue weighted by molar-refractivity contribution is 5.78. The van der Waals surface area contributed by atoms with Gasteiger partial charge in [-0.3, -0.25) is 4.79 Å². The summed E-state index contributed by atoms with van der Waals surface area (Å²) in [6.07, 6.45) is -7.33. The van der Waals surface area contributed by atoms with Crippen LogP contribution in [0.15, 0.2) is 41.3 Å². The number of carbonyl (C=O) groups is 1. The molecular formula is C20H14F6N4O3. The fourth-order valence-electron chi connectivity index (χ4n) is 3.23. The second-order valence-electron chi connectivity index (χ2n) is 7.11. The van der Waals surface area contributed by atoms with Crippen LogP contribution >= 0.6 is 0 Å². The summed E-state index contributed by atoms with van der Waals surface area (Å²) in [5.74, 6) is -1.59. The summed E-state index contributed by atoms with van der Waals surface area (Å²) < 4.78 is 85.9. The van der Waals surface area contributed by atoms with Gasteiger partial charge < -0.3 is 14.1 Å². The Bertz CT molecular complexity index is 1160. The third-order valence-electron chi connectivity index (χ3n) is 4.84. The molecule has 0 saturated carbocycles. The van der Waals surface area contributed by atoms with Gasteiger partial charge in [-0.05, 0) is 30.7 Å². The normalized spacial score (nSPS) is 14.2. The van der Waals surface area contributed by atoms with Crippen molar-refractivity contribution in [2.24, 2.45) is 0 Å². The van der Waals surface area contributed by atoms with E-state index < -0.39 is 29.7 Å². The maximum absolute atomic E-state index is 12.7. The van der Waals surface area contributed by atoms with Crippen molar-refractivity contribution in [3.8, 4) is 11.6 Å². The molecule has 0 radical (unpaired) electrons. The first kappa shape index (κ1) is 22.6. The minimum Gasteiger partial charge on any atom is -0.441 e. The third-order valence-corrected chi connectivity index (χ3v) is 4.84. The molecule has 1 aromatic carbocycles. The van der Waals surface area contributed by atoms with Crippen LogP contribution in [0.2, 0.25) is 0 Å². The first-order valence-electron chi connectivity index (χ1n) is 9.48. The van der Waals surface area contributed by atoms with E-state index in [1.54, 1.807) is 0 Å². The van der Waals surface area contributed by atoms with Crippen LogP contribution in [0.1, 0.15) is 28.4 Å². The molecule has 4 rings (SSSR count). The van der Waals surface area contributed by atoms with Crippen LogP contribution < -0.4 is 4.74 Å². The molecule has 3 aromatic rings. The van der Waals surface area contributed by atoms with Gasteiger partial charge in [0.1, 0.15) is 18.3 Å². The number of carbonyl (C=O) groups excluding carboxylic acids is 1. The smallest absolute Gasteiger partial charge is 0.441 e. The molecule has 0 unspecified atom stereocenters. The van der Waals surface area contributed by atoms with Gasteiger partial charge in [-0.1, -0.05) is 0 Å². The Balaban J connectivity index is 1.44. The van der Waals surface area contributed by atoms with Crippen LogP contribution in [0.4, 0.5) is 26.3 Å². The molecule has 3 heterocycles. The Hall–Kier alpha value is -3.64. The third kappa shape index (κ3) is 5.07. The number of halogens is 6. The van der Waals surface area contributed by atoms with E-state index >= 15 is 0 Å². The lowest BCUT2D eigenvalue weighted by molar-refractivity contribution is -0.157. The molecule has 1 aliphatic heterocycles. The van der Waals surface area contributed by atoms with Gasteiger partial charge in [0.2, 0.25) is 11.8 Å². The average molecular weight is 472 g/mol. The summed E-state index contributed by atoms with van der Waals surface area (Å²) in [5.41, 5.74) is 0.0835. The molecule has 0 N–H and O–H groups in total. The number of alkyl halides is 6. The molecule has 174 valence electrons. The van der Waals surface area contributed by atoms with Gasteiger partial charge >= 0.3 is 18.2 Å². The largest absolute Gasteiger partial charge is 0.468 e. The van der Waals surface area contributed by atoms with E-state index in [9.17, 15) is 31.1 Å². The standard InChI is InChI=1S/C20H14F6N4O3/c21-19(22,23)11-1-3-13(4-2-11)33-17-14-5-6-30(8-15(14)27-10-28-17)16(31)7-12-9-32-18(29-12)20(24,25)26/h1-4,9-10H,5-8H2. The molecule has 2 aromatic heterocycles. The zero-order valence-electron chi connectivity index (χ0n) is 16.6. The minimum absolute atomic E-state index is 0.0596. The SMILES string of the molecule is O=C(Cc1coc(C(F)(F)F)n1)N1CCc2c(ncnc2Oc2ccc(C(F)(F)F)cc2)C1. The molecule has 0 spiro atoms. The lowest BCUT2D eigenvalue weighted by atomic mass is 10.1. The molecule has 0 saturated heterocycles. The Morgan fingerprint density at radius 3 is 2.42 bits per heavy atom. The summed E-state index contributed by atoms with van der Waals surface area (Å²) in [7, 11) is 0. The number of hydrogen-bond acceptors (Lipinski definition) is 6.